The molecule has 2 heterocycles. The number of piperidine rings is 1. The van der Waals surface area contributed by atoms with Crippen LogP contribution in [0.3, 0.4) is 0 Å². The first-order chi connectivity index (χ1) is 10.5. The van der Waals surface area contributed by atoms with Crippen molar-refractivity contribution < 1.29 is 9.90 Å². The summed E-state index contributed by atoms with van der Waals surface area (Å²) in [5, 5.41) is 13.6. The summed E-state index contributed by atoms with van der Waals surface area (Å²) in [6.07, 6.45) is 3.50. The largest absolute Gasteiger partial charge is 0.389 e. The van der Waals surface area contributed by atoms with E-state index in [1.165, 1.54) is 4.88 Å². The molecule has 4 nitrogen and oxygen atoms in total. The molecule has 0 atom stereocenters. The summed E-state index contributed by atoms with van der Waals surface area (Å²) in [6, 6.07) is 4.13. The van der Waals surface area contributed by atoms with Crippen molar-refractivity contribution in [3.8, 4) is 0 Å². The highest BCUT2D eigenvalue weighted by molar-refractivity contribution is 7.13. The Bertz CT molecular complexity index is 489. The lowest BCUT2D eigenvalue weighted by molar-refractivity contribution is -0.00973. The smallest absolute Gasteiger partial charge is 0.261 e. The third kappa shape index (κ3) is 4.54. The quantitative estimate of drug-likeness (QED) is 0.846. The average molecular weight is 324 g/mol. The summed E-state index contributed by atoms with van der Waals surface area (Å²) in [7, 11) is 0. The molecule has 124 valence electrons. The Balaban J connectivity index is 1.79. The Morgan fingerprint density at radius 1 is 1.36 bits per heavy atom. The monoisotopic (exact) mass is 324 g/mol. The first-order valence-electron chi connectivity index (χ1n) is 8.28. The van der Waals surface area contributed by atoms with Gasteiger partial charge in [0, 0.05) is 30.6 Å². The zero-order valence-electron chi connectivity index (χ0n) is 13.9. The van der Waals surface area contributed by atoms with Gasteiger partial charge < -0.3 is 15.3 Å². The molecule has 2 rings (SSSR count). The lowest BCUT2D eigenvalue weighted by Crippen LogP contribution is -2.49. The second-order valence-corrected chi connectivity index (χ2v) is 7.65. The van der Waals surface area contributed by atoms with Gasteiger partial charge in [0.05, 0.1) is 10.5 Å². The van der Waals surface area contributed by atoms with Crippen LogP contribution in [0.4, 0.5) is 0 Å². The normalized spacial score (nSPS) is 17.6. The molecule has 0 aliphatic carbocycles. The molecule has 0 radical (unpaired) electrons. The minimum absolute atomic E-state index is 0.0511. The van der Waals surface area contributed by atoms with E-state index in [4.69, 9.17) is 0 Å². The lowest BCUT2D eigenvalue weighted by Gasteiger charge is -2.37. The van der Waals surface area contributed by atoms with Crippen molar-refractivity contribution in [2.45, 2.75) is 58.1 Å². The van der Waals surface area contributed by atoms with Gasteiger partial charge in [-0.15, -0.1) is 11.3 Å². The van der Waals surface area contributed by atoms with Crippen LogP contribution in [0, 0.1) is 6.92 Å². The number of nitrogens with zero attached hydrogens (tertiary/aromatic N) is 1. The molecule has 1 aromatic heterocycles. The SMILES string of the molecule is CCC(O)(CC)CN1CCC(NC(=O)c2ccc(C)s2)CC1. The number of hydrogen-bond donors (Lipinski definition) is 2. The fourth-order valence-electron chi connectivity index (χ4n) is 2.94. The van der Waals surface area contributed by atoms with E-state index in [0.29, 0.717) is 0 Å². The minimum Gasteiger partial charge on any atom is -0.389 e. The van der Waals surface area contributed by atoms with Gasteiger partial charge in [-0.1, -0.05) is 13.8 Å². The van der Waals surface area contributed by atoms with Crippen LogP contribution in [-0.4, -0.2) is 47.2 Å². The number of carbonyl (C=O) groups is 1. The third-order valence-electron chi connectivity index (χ3n) is 4.72. The molecule has 0 unspecified atom stereocenters. The van der Waals surface area contributed by atoms with E-state index in [-0.39, 0.29) is 11.9 Å². The van der Waals surface area contributed by atoms with Crippen molar-refractivity contribution in [1.29, 1.82) is 0 Å². The predicted molar refractivity (Wildman–Crippen MR) is 91.5 cm³/mol. The highest BCUT2D eigenvalue weighted by Crippen LogP contribution is 2.20. The maximum Gasteiger partial charge on any atom is 0.261 e. The van der Waals surface area contributed by atoms with Crippen molar-refractivity contribution in [3.63, 3.8) is 0 Å². The molecule has 0 aromatic carbocycles. The Labute approximate surface area is 137 Å². The van der Waals surface area contributed by atoms with Gasteiger partial charge in [-0.25, -0.2) is 0 Å². The number of thiophene rings is 1. The fourth-order valence-corrected chi connectivity index (χ4v) is 3.71. The molecule has 22 heavy (non-hydrogen) atoms. The van der Waals surface area contributed by atoms with Crippen LogP contribution >= 0.6 is 11.3 Å². The Morgan fingerprint density at radius 2 is 2.00 bits per heavy atom. The number of β-amino-alcohol motifs (C(OH)–C–C–N with tert-alkyl or cyclic N) is 1. The molecule has 1 saturated heterocycles. The van der Waals surface area contributed by atoms with Crippen LogP contribution in [0.2, 0.25) is 0 Å². The van der Waals surface area contributed by atoms with Gasteiger partial charge in [-0.3, -0.25) is 4.79 Å². The molecule has 0 spiro atoms. The number of aliphatic hydroxyl groups is 1. The van der Waals surface area contributed by atoms with E-state index in [9.17, 15) is 9.90 Å². The molecular formula is C17H28N2O2S. The van der Waals surface area contributed by atoms with Gasteiger partial charge >= 0.3 is 0 Å². The third-order valence-corrected chi connectivity index (χ3v) is 5.72. The van der Waals surface area contributed by atoms with E-state index < -0.39 is 5.60 Å². The second kappa shape index (κ2) is 7.57. The summed E-state index contributed by atoms with van der Waals surface area (Å²) >= 11 is 1.54. The molecular weight excluding hydrogens is 296 g/mol. The van der Waals surface area contributed by atoms with Gasteiger partial charge in [0.2, 0.25) is 0 Å². The van der Waals surface area contributed by atoms with Crippen molar-refractivity contribution in [1.82, 2.24) is 10.2 Å². The zero-order chi connectivity index (χ0) is 16.2. The Morgan fingerprint density at radius 3 is 2.50 bits per heavy atom. The summed E-state index contributed by atoms with van der Waals surface area (Å²) in [5.74, 6) is 0.0511. The molecule has 1 amide bonds. The number of amides is 1. The van der Waals surface area contributed by atoms with E-state index in [1.54, 1.807) is 11.3 Å². The highest BCUT2D eigenvalue weighted by Gasteiger charge is 2.28. The molecule has 0 bridgehead atoms. The van der Waals surface area contributed by atoms with Crippen LogP contribution in [0.25, 0.3) is 0 Å². The van der Waals surface area contributed by atoms with E-state index in [0.717, 1.165) is 50.2 Å². The summed E-state index contributed by atoms with van der Waals surface area (Å²) in [4.78, 5) is 16.5. The zero-order valence-corrected chi connectivity index (χ0v) is 14.7. The number of nitrogens with one attached hydrogen (secondary N) is 1. The first-order valence-corrected chi connectivity index (χ1v) is 9.09. The van der Waals surface area contributed by atoms with Crippen LogP contribution in [-0.2, 0) is 0 Å². The predicted octanol–water partition coefficient (Wildman–Crippen LogP) is 2.80. The molecule has 1 fully saturated rings. The number of aryl methyl sites for hydroxylation is 1. The number of likely N-dealkylation sites (tertiary alicyclic amines) is 1. The van der Waals surface area contributed by atoms with Crippen LogP contribution in [0.15, 0.2) is 12.1 Å². The van der Waals surface area contributed by atoms with Crippen molar-refractivity contribution >= 4 is 17.2 Å². The summed E-state index contributed by atoms with van der Waals surface area (Å²) in [5.41, 5.74) is -0.565. The number of carbonyl (C=O) groups excluding carboxylic acids is 1. The summed E-state index contributed by atoms with van der Waals surface area (Å²) < 4.78 is 0. The molecule has 5 heteroatoms. The fraction of sp³-hybridized carbons (Fsp3) is 0.706. The van der Waals surface area contributed by atoms with E-state index in [2.05, 4.69) is 10.2 Å². The average Bonchev–Trinajstić information content (AvgIpc) is 2.96. The van der Waals surface area contributed by atoms with Gasteiger partial charge in [0.1, 0.15) is 0 Å². The Hall–Kier alpha value is -0.910. The summed E-state index contributed by atoms with van der Waals surface area (Å²) in [6.45, 7) is 8.72. The molecule has 1 aliphatic heterocycles. The van der Waals surface area contributed by atoms with Crippen LogP contribution < -0.4 is 5.32 Å². The van der Waals surface area contributed by atoms with Gasteiger partial charge in [-0.05, 0) is 44.7 Å². The van der Waals surface area contributed by atoms with Gasteiger partial charge in [0.25, 0.3) is 5.91 Å². The molecule has 1 aliphatic rings. The van der Waals surface area contributed by atoms with Crippen molar-refractivity contribution in [2.24, 2.45) is 0 Å². The van der Waals surface area contributed by atoms with E-state index >= 15 is 0 Å². The molecule has 1 aromatic rings. The van der Waals surface area contributed by atoms with Crippen molar-refractivity contribution in [2.75, 3.05) is 19.6 Å². The standard InChI is InChI=1S/C17H28N2O2S/c1-4-17(21,5-2)12-19-10-8-14(9-11-19)18-16(20)15-7-6-13(3)22-15/h6-7,14,21H,4-5,8-12H2,1-3H3,(H,18,20). The van der Waals surface area contributed by atoms with Gasteiger partial charge in [-0.2, -0.15) is 0 Å². The second-order valence-electron chi connectivity index (χ2n) is 6.37. The maximum absolute atomic E-state index is 12.2. The molecule has 0 saturated carbocycles. The first kappa shape index (κ1) is 17.4. The molecule has 2 N–H and O–H groups in total. The van der Waals surface area contributed by atoms with Gasteiger partial charge in [0.15, 0.2) is 0 Å². The van der Waals surface area contributed by atoms with Crippen LogP contribution in [0.5, 0.6) is 0 Å². The Kier molecular flexibility index (Phi) is 6.01. The number of rotatable bonds is 6. The van der Waals surface area contributed by atoms with Crippen LogP contribution in [0.1, 0.15) is 54.1 Å². The highest BCUT2D eigenvalue weighted by atomic mass is 32.1. The minimum atomic E-state index is -0.565. The lowest BCUT2D eigenvalue weighted by atomic mass is 9.95. The number of hydrogen-bond acceptors (Lipinski definition) is 4. The van der Waals surface area contributed by atoms with Crippen molar-refractivity contribution in [3.05, 3.63) is 21.9 Å². The topological polar surface area (TPSA) is 52.6 Å². The van der Waals surface area contributed by atoms with E-state index in [1.807, 2.05) is 32.9 Å². The maximum atomic E-state index is 12.2.